The van der Waals surface area contributed by atoms with Crippen LogP contribution in [0.3, 0.4) is 0 Å². The van der Waals surface area contributed by atoms with Crippen molar-refractivity contribution in [3.63, 3.8) is 0 Å². The SMILES string of the molecule is CCCC(CC)C(=O)O.CCCCC(CC)C(=O)O.OCC(CO)(CO)CO.OCC(CO)(CO)CO. The van der Waals surface area contributed by atoms with E-state index in [2.05, 4.69) is 6.92 Å². The van der Waals surface area contributed by atoms with Crippen LogP contribution in [-0.2, 0) is 9.59 Å². The van der Waals surface area contributed by atoms with Crippen molar-refractivity contribution in [1.29, 1.82) is 0 Å². The quantitative estimate of drug-likeness (QED) is 0.117. The number of aliphatic hydroxyl groups excluding tert-OH is 8. The molecule has 0 aromatic heterocycles. The summed E-state index contributed by atoms with van der Waals surface area (Å²) in [6.07, 6.45) is 6.24. The van der Waals surface area contributed by atoms with E-state index in [-0.39, 0.29) is 11.8 Å². The highest BCUT2D eigenvalue weighted by molar-refractivity contribution is 5.70. The summed E-state index contributed by atoms with van der Waals surface area (Å²) >= 11 is 0. The first-order valence-corrected chi connectivity index (χ1v) is 12.8. The Morgan fingerprint density at radius 1 is 0.514 bits per heavy atom. The topological polar surface area (TPSA) is 236 Å². The van der Waals surface area contributed by atoms with E-state index in [1.54, 1.807) is 0 Å². The molecule has 12 heteroatoms. The highest BCUT2D eigenvalue weighted by atomic mass is 16.4. The number of rotatable bonds is 17. The van der Waals surface area contributed by atoms with Gasteiger partial charge in [0.15, 0.2) is 0 Å². The van der Waals surface area contributed by atoms with E-state index in [9.17, 15) is 9.59 Å². The zero-order valence-electron chi connectivity index (χ0n) is 23.0. The third kappa shape index (κ3) is 21.3. The minimum absolute atomic E-state index is 0.111. The Balaban J connectivity index is -0.000000196. The van der Waals surface area contributed by atoms with Crippen molar-refractivity contribution >= 4 is 11.9 Å². The van der Waals surface area contributed by atoms with Crippen molar-refractivity contribution in [2.45, 2.75) is 72.6 Å². The number of hydrogen-bond acceptors (Lipinski definition) is 10. The van der Waals surface area contributed by atoms with Crippen LogP contribution in [0.25, 0.3) is 0 Å². The van der Waals surface area contributed by atoms with Crippen LogP contribution in [0.15, 0.2) is 0 Å². The lowest BCUT2D eigenvalue weighted by molar-refractivity contribution is -0.143. The molecule has 0 amide bonds. The number of aliphatic hydroxyl groups is 8. The second kappa shape index (κ2) is 27.6. The second-order valence-electron chi connectivity index (χ2n) is 9.08. The summed E-state index contributed by atoms with van der Waals surface area (Å²) in [6, 6.07) is 0. The Bertz CT molecular complexity index is 453. The molecule has 12 nitrogen and oxygen atoms in total. The Morgan fingerprint density at radius 2 is 0.784 bits per heavy atom. The molecule has 0 rings (SSSR count). The first-order valence-electron chi connectivity index (χ1n) is 12.8. The van der Waals surface area contributed by atoms with Crippen molar-refractivity contribution in [2.75, 3.05) is 52.9 Å². The van der Waals surface area contributed by atoms with Crippen molar-refractivity contribution in [3.8, 4) is 0 Å². The van der Waals surface area contributed by atoms with E-state index in [1.165, 1.54) is 0 Å². The maximum atomic E-state index is 10.4. The van der Waals surface area contributed by atoms with Crippen LogP contribution in [0.5, 0.6) is 0 Å². The van der Waals surface area contributed by atoms with Gasteiger partial charge in [-0.05, 0) is 25.7 Å². The van der Waals surface area contributed by atoms with Gasteiger partial charge in [-0.3, -0.25) is 9.59 Å². The van der Waals surface area contributed by atoms with Crippen LogP contribution in [0.2, 0.25) is 0 Å². The molecule has 226 valence electrons. The highest BCUT2D eigenvalue weighted by Crippen LogP contribution is 2.13. The average molecular weight is 547 g/mol. The Morgan fingerprint density at radius 3 is 0.892 bits per heavy atom. The molecule has 2 unspecified atom stereocenters. The van der Waals surface area contributed by atoms with Gasteiger partial charge in [-0.25, -0.2) is 0 Å². The van der Waals surface area contributed by atoms with Gasteiger partial charge >= 0.3 is 11.9 Å². The monoisotopic (exact) mass is 546 g/mol. The van der Waals surface area contributed by atoms with E-state index in [4.69, 9.17) is 51.1 Å². The van der Waals surface area contributed by atoms with Crippen LogP contribution in [0, 0.1) is 22.7 Å². The smallest absolute Gasteiger partial charge is 0.306 e. The van der Waals surface area contributed by atoms with Gasteiger partial charge in [0, 0.05) is 0 Å². The normalized spacial score (nSPS) is 12.5. The third-order valence-electron chi connectivity index (χ3n) is 5.91. The summed E-state index contributed by atoms with van der Waals surface area (Å²) in [5.74, 6) is -1.52. The van der Waals surface area contributed by atoms with E-state index >= 15 is 0 Å². The molecule has 0 aromatic carbocycles. The standard InChI is InChI=1S/C8H16O2.C7H14O2.2C5H12O4/c1-3-5-6-7(4-2)8(9)10;1-3-5-6(4-2)7(8)9;2*6-1-5(2-7,3-8)4-9/h7H,3-6H2,1-2H3,(H,9,10);6H,3-5H2,1-2H3,(H,8,9);2*6-9H,1-4H2. The van der Waals surface area contributed by atoms with Gasteiger partial charge in [0.1, 0.15) is 0 Å². The van der Waals surface area contributed by atoms with Crippen LogP contribution in [0.4, 0.5) is 0 Å². The minimum atomic E-state index is -1.11. The lowest BCUT2D eigenvalue weighted by Crippen LogP contribution is -2.37. The zero-order chi connectivity index (χ0) is 29.9. The maximum Gasteiger partial charge on any atom is 0.306 e. The molecule has 2 atom stereocenters. The van der Waals surface area contributed by atoms with Crippen molar-refractivity contribution in [2.24, 2.45) is 22.7 Å². The molecule has 0 saturated heterocycles. The molecule has 10 N–H and O–H groups in total. The molecule has 0 radical (unpaired) electrons. The summed E-state index contributed by atoms with van der Waals surface area (Å²) in [4.78, 5) is 20.8. The molecule has 37 heavy (non-hydrogen) atoms. The zero-order valence-corrected chi connectivity index (χ0v) is 23.0. The largest absolute Gasteiger partial charge is 0.481 e. The second-order valence-corrected chi connectivity index (χ2v) is 9.08. The molecule has 0 fully saturated rings. The molecule has 0 aromatic rings. The van der Waals surface area contributed by atoms with E-state index in [0.717, 1.165) is 44.9 Å². The number of carboxylic acids is 2. The van der Waals surface area contributed by atoms with Crippen molar-refractivity contribution in [1.82, 2.24) is 0 Å². The number of unbranched alkanes of at least 4 members (excludes halogenated alkanes) is 1. The molecule has 0 aliphatic heterocycles. The summed E-state index contributed by atoms with van der Waals surface area (Å²) < 4.78 is 0. The maximum absolute atomic E-state index is 10.4. The first-order chi connectivity index (χ1) is 17.4. The Kier molecular flexibility index (Phi) is 31.9. The predicted molar refractivity (Wildman–Crippen MR) is 139 cm³/mol. The number of carbonyl (C=O) groups is 2. The highest BCUT2D eigenvalue weighted by Gasteiger charge is 2.27. The van der Waals surface area contributed by atoms with Gasteiger partial charge in [0.2, 0.25) is 0 Å². The third-order valence-corrected chi connectivity index (χ3v) is 5.91. The predicted octanol–water partition coefficient (Wildman–Crippen LogP) is 0.0687. The van der Waals surface area contributed by atoms with E-state index in [0.29, 0.717) is 0 Å². The van der Waals surface area contributed by atoms with Crippen molar-refractivity contribution < 1.29 is 60.7 Å². The summed E-state index contributed by atoms with van der Waals surface area (Å²) in [5.41, 5.74) is -2.22. The first kappa shape index (κ1) is 42.7. The fourth-order valence-electron chi connectivity index (χ4n) is 2.40. The number of carboxylic acid groups (broad SMARTS) is 2. The summed E-state index contributed by atoms with van der Waals surface area (Å²) in [7, 11) is 0. The molecule has 0 bridgehead atoms. The number of hydrogen-bond donors (Lipinski definition) is 10. The molecular weight excluding hydrogens is 492 g/mol. The van der Waals surface area contributed by atoms with Crippen LogP contribution < -0.4 is 0 Å². The van der Waals surface area contributed by atoms with E-state index in [1.807, 2.05) is 20.8 Å². The fourth-order valence-corrected chi connectivity index (χ4v) is 2.40. The molecule has 0 spiro atoms. The fraction of sp³-hybridized carbons (Fsp3) is 0.920. The van der Waals surface area contributed by atoms with Gasteiger partial charge < -0.3 is 51.1 Å². The molecule has 0 saturated carbocycles. The van der Waals surface area contributed by atoms with Crippen LogP contribution >= 0.6 is 0 Å². The molecule has 0 aliphatic carbocycles. The van der Waals surface area contributed by atoms with Crippen LogP contribution in [0.1, 0.15) is 72.6 Å². The number of aliphatic carboxylic acids is 2. The summed E-state index contributed by atoms with van der Waals surface area (Å²) in [6.45, 7) is 4.67. The van der Waals surface area contributed by atoms with Gasteiger partial charge in [0.25, 0.3) is 0 Å². The Hall–Kier alpha value is -1.38. The van der Waals surface area contributed by atoms with Crippen LogP contribution in [-0.4, -0.2) is 116 Å². The van der Waals surface area contributed by atoms with Gasteiger partial charge in [-0.15, -0.1) is 0 Å². The van der Waals surface area contributed by atoms with Crippen molar-refractivity contribution in [3.05, 3.63) is 0 Å². The van der Waals surface area contributed by atoms with Gasteiger partial charge in [0.05, 0.1) is 75.5 Å². The summed E-state index contributed by atoms with van der Waals surface area (Å²) in [5, 5.41) is 85.1. The lowest BCUT2D eigenvalue weighted by Gasteiger charge is -2.23. The van der Waals surface area contributed by atoms with E-state index < -0.39 is 75.6 Å². The molecule has 0 heterocycles. The lowest BCUT2D eigenvalue weighted by atomic mass is 9.93. The minimum Gasteiger partial charge on any atom is -0.481 e. The molecular formula is C25H54O12. The van der Waals surface area contributed by atoms with Gasteiger partial charge in [-0.2, -0.15) is 0 Å². The van der Waals surface area contributed by atoms with Gasteiger partial charge in [-0.1, -0.05) is 47.0 Å². The Labute approximate surface area is 221 Å². The average Bonchev–Trinajstić information content (AvgIpc) is 2.92. The molecule has 0 aliphatic rings.